The molecule has 0 saturated heterocycles. The van der Waals surface area contributed by atoms with Gasteiger partial charge in [-0.3, -0.25) is 4.79 Å². The van der Waals surface area contributed by atoms with Gasteiger partial charge in [-0.25, -0.2) is 9.48 Å². The summed E-state index contributed by atoms with van der Waals surface area (Å²) in [5, 5.41) is 10.4. The first-order chi connectivity index (χ1) is 9.10. The van der Waals surface area contributed by atoms with Crippen molar-refractivity contribution in [2.45, 2.75) is 38.6 Å². The van der Waals surface area contributed by atoms with Crippen molar-refractivity contribution in [1.29, 1.82) is 0 Å². The molecule has 0 radical (unpaired) electrons. The molecule has 1 N–H and O–H groups in total. The minimum Gasteiger partial charge on any atom is -0.461 e. The second kappa shape index (κ2) is 5.38. The van der Waals surface area contributed by atoms with Crippen LogP contribution < -0.4 is 5.32 Å². The molecule has 19 heavy (non-hydrogen) atoms. The summed E-state index contributed by atoms with van der Waals surface area (Å²) in [4.78, 5) is 23.5. The van der Waals surface area contributed by atoms with Crippen LogP contribution in [0.3, 0.4) is 0 Å². The van der Waals surface area contributed by atoms with Crippen molar-refractivity contribution >= 4 is 11.9 Å². The molecular weight excluding hydrogens is 248 g/mol. The summed E-state index contributed by atoms with van der Waals surface area (Å²) in [5.41, 5.74) is 0.953. The first-order valence-electron chi connectivity index (χ1n) is 6.43. The molecule has 0 spiro atoms. The van der Waals surface area contributed by atoms with Gasteiger partial charge in [-0.2, -0.15) is 0 Å². The number of carbonyl (C=O) groups excluding carboxylic acids is 2. The molecule has 2 rings (SSSR count). The maximum Gasteiger partial charge on any atom is 0.360 e. The van der Waals surface area contributed by atoms with Crippen LogP contribution >= 0.6 is 0 Å². The summed E-state index contributed by atoms with van der Waals surface area (Å²) < 4.78 is 6.50. The summed E-state index contributed by atoms with van der Waals surface area (Å²) in [6, 6.07) is -0.490. The quantitative estimate of drug-likeness (QED) is 0.790. The first-order valence-corrected chi connectivity index (χ1v) is 6.43. The molecular formula is C12H18N4O3. The molecule has 1 aromatic rings. The van der Waals surface area contributed by atoms with Gasteiger partial charge < -0.3 is 10.1 Å². The molecule has 7 nitrogen and oxygen atoms in total. The van der Waals surface area contributed by atoms with Gasteiger partial charge in [-0.15, -0.1) is 5.10 Å². The third kappa shape index (κ3) is 2.59. The number of likely N-dealkylation sites (N-methyl/N-ethyl adjacent to an activating group) is 1. The van der Waals surface area contributed by atoms with E-state index < -0.39 is 12.0 Å². The van der Waals surface area contributed by atoms with E-state index in [0.717, 1.165) is 18.5 Å². The number of nitrogens with zero attached hydrogens (tertiary/aromatic N) is 3. The van der Waals surface area contributed by atoms with Crippen molar-refractivity contribution in [1.82, 2.24) is 20.3 Å². The Labute approximate surface area is 111 Å². The summed E-state index contributed by atoms with van der Waals surface area (Å²) in [5.74, 6) is -0.386. The Morgan fingerprint density at radius 1 is 1.53 bits per heavy atom. The third-order valence-electron chi connectivity index (χ3n) is 3.16. The lowest BCUT2D eigenvalue weighted by Gasteiger charge is -2.13. The van der Waals surface area contributed by atoms with Gasteiger partial charge in [0, 0.05) is 13.0 Å². The molecule has 104 valence electrons. The smallest absolute Gasteiger partial charge is 0.360 e. The van der Waals surface area contributed by atoms with Crippen molar-refractivity contribution < 1.29 is 14.3 Å². The van der Waals surface area contributed by atoms with Crippen LogP contribution in [-0.4, -0.2) is 40.5 Å². The van der Waals surface area contributed by atoms with Gasteiger partial charge in [-0.05, 0) is 26.7 Å². The Hall–Kier alpha value is -1.92. The Morgan fingerprint density at radius 3 is 2.74 bits per heavy atom. The maximum absolute atomic E-state index is 11.8. The minimum atomic E-state index is -0.490. The zero-order valence-electron chi connectivity index (χ0n) is 11.3. The fraction of sp³-hybridized carbons (Fsp3) is 0.667. The number of carbonyl (C=O) groups is 2. The average molecular weight is 266 g/mol. The first kappa shape index (κ1) is 13.5. The van der Waals surface area contributed by atoms with Gasteiger partial charge in [0.15, 0.2) is 5.69 Å². The van der Waals surface area contributed by atoms with E-state index >= 15 is 0 Å². The highest BCUT2D eigenvalue weighted by Crippen LogP contribution is 2.42. The number of nitrogens with one attached hydrogen (secondary N) is 1. The molecule has 1 fully saturated rings. The monoisotopic (exact) mass is 266 g/mol. The van der Waals surface area contributed by atoms with Gasteiger partial charge >= 0.3 is 5.97 Å². The van der Waals surface area contributed by atoms with Crippen LogP contribution in [0.5, 0.6) is 0 Å². The van der Waals surface area contributed by atoms with E-state index in [9.17, 15) is 9.59 Å². The summed E-state index contributed by atoms with van der Waals surface area (Å²) in [6.45, 7) is 3.77. The SMILES string of the molecule is CCOC(=O)c1nnn(C(C)C(=O)NC)c1C1CC1. The van der Waals surface area contributed by atoms with Crippen LogP contribution in [0.4, 0.5) is 0 Å². The summed E-state index contributed by atoms with van der Waals surface area (Å²) >= 11 is 0. The fourth-order valence-electron chi connectivity index (χ4n) is 1.99. The van der Waals surface area contributed by atoms with Crippen molar-refractivity contribution in [3.05, 3.63) is 11.4 Å². The van der Waals surface area contributed by atoms with Gasteiger partial charge in [0.25, 0.3) is 0 Å². The third-order valence-corrected chi connectivity index (χ3v) is 3.16. The Balaban J connectivity index is 2.34. The zero-order valence-corrected chi connectivity index (χ0v) is 11.3. The Morgan fingerprint density at radius 2 is 2.21 bits per heavy atom. The fourth-order valence-corrected chi connectivity index (χ4v) is 1.99. The van der Waals surface area contributed by atoms with E-state index in [1.807, 2.05) is 0 Å². The molecule has 0 aliphatic heterocycles. The standard InChI is InChI=1S/C12H18N4O3/c1-4-19-12(18)9-10(8-5-6-8)16(15-14-9)7(2)11(17)13-3/h7-8H,4-6H2,1-3H3,(H,13,17). The molecule has 1 unspecified atom stereocenters. The average Bonchev–Trinajstić information content (AvgIpc) is 3.15. The van der Waals surface area contributed by atoms with Crippen molar-refractivity contribution in [2.75, 3.05) is 13.7 Å². The minimum absolute atomic E-state index is 0.165. The molecule has 1 atom stereocenters. The van der Waals surface area contributed by atoms with Gasteiger partial charge in [0.1, 0.15) is 6.04 Å². The van der Waals surface area contributed by atoms with Gasteiger partial charge in [0.2, 0.25) is 5.91 Å². The second-order valence-corrected chi connectivity index (χ2v) is 4.55. The molecule has 1 heterocycles. The molecule has 1 saturated carbocycles. The van der Waals surface area contributed by atoms with Crippen LogP contribution in [-0.2, 0) is 9.53 Å². The van der Waals surface area contributed by atoms with Crippen molar-refractivity contribution in [3.63, 3.8) is 0 Å². The molecule has 0 aromatic carbocycles. The van der Waals surface area contributed by atoms with Crippen LogP contribution in [0.25, 0.3) is 0 Å². The lowest BCUT2D eigenvalue weighted by atomic mass is 10.2. The number of hydrogen-bond acceptors (Lipinski definition) is 5. The van der Waals surface area contributed by atoms with E-state index in [4.69, 9.17) is 4.74 Å². The van der Waals surface area contributed by atoms with Crippen LogP contribution in [0, 0.1) is 0 Å². The summed E-state index contributed by atoms with van der Waals surface area (Å²) in [6.07, 6.45) is 1.97. The molecule has 0 bridgehead atoms. The molecule has 1 amide bonds. The topological polar surface area (TPSA) is 86.1 Å². The van der Waals surface area contributed by atoms with E-state index in [2.05, 4.69) is 15.6 Å². The van der Waals surface area contributed by atoms with E-state index in [1.165, 1.54) is 4.68 Å². The largest absolute Gasteiger partial charge is 0.461 e. The van der Waals surface area contributed by atoms with Crippen LogP contribution in [0.1, 0.15) is 54.8 Å². The predicted octanol–water partition coefficient (Wildman–Crippen LogP) is 0.639. The van der Waals surface area contributed by atoms with E-state index in [1.54, 1.807) is 20.9 Å². The molecule has 1 aliphatic rings. The second-order valence-electron chi connectivity index (χ2n) is 4.55. The van der Waals surface area contributed by atoms with Gasteiger partial charge in [0.05, 0.1) is 12.3 Å². The number of ether oxygens (including phenoxy) is 1. The highest BCUT2D eigenvalue weighted by Gasteiger charge is 2.36. The zero-order chi connectivity index (χ0) is 14.0. The van der Waals surface area contributed by atoms with E-state index in [-0.39, 0.29) is 17.5 Å². The number of rotatable bonds is 5. The predicted molar refractivity (Wildman–Crippen MR) is 66.7 cm³/mol. The maximum atomic E-state index is 11.8. The highest BCUT2D eigenvalue weighted by atomic mass is 16.5. The Kier molecular flexibility index (Phi) is 3.82. The lowest BCUT2D eigenvalue weighted by Crippen LogP contribution is -2.29. The molecule has 7 heteroatoms. The Bertz CT molecular complexity index is 493. The van der Waals surface area contributed by atoms with Crippen molar-refractivity contribution in [2.24, 2.45) is 0 Å². The van der Waals surface area contributed by atoms with Crippen LogP contribution in [0.15, 0.2) is 0 Å². The van der Waals surface area contributed by atoms with E-state index in [0.29, 0.717) is 6.61 Å². The number of hydrogen-bond donors (Lipinski definition) is 1. The number of esters is 1. The molecule has 1 aromatic heterocycles. The van der Waals surface area contributed by atoms with Gasteiger partial charge in [-0.1, -0.05) is 5.21 Å². The number of aromatic nitrogens is 3. The van der Waals surface area contributed by atoms with Crippen LogP contribution in [0.2, 0.25) is 0 Å². The summed E-state index contributed by atoms with van der Waals surface area (Å²) in [7, 11) is 1.57. The number of amides is 1. The normalized spacial score (nSPS) is 15.9. The lowest BCUT2D eigenvalue weighted by molar-refractivity contribution is -0.123. The molecule has 1 aliphatic carbocycles. The van der Waals surface area contributed by atoms with Crippen molar-refractivity contribution in [3.8, 4) is 0 Å². The highest BCUT2D eigenvalue weighted by molar-refractivity contribution is 5.89.